The summed E-state index contributed by atoms with van der Waals surface area (Å²) in [5.74, 6) is -1.79. The Bertz CT molecular complexity index is 1080. The second kappa shape index (κ2) is 11.6. The van der Waals surface area contributed by atoms with E-state index in [9.17, 15) is 19.5 Å². The van der Waals surface area contributed by atoms with Gasteiger partial charge in [-0.25, -0.2) is 0 Å². The average molecular weight is 466 g/mol. The van der Waals surface area contributed by atoms with Crippen LogP contribution in [0.3, 0.4) is 0 Å². The smallest absolute Gasteiger partial charge is 0.546 e. The summed E-state index contributed by atoms with van der Waals surface area (Å²) in [6.45, 7) is 0.988. The first-order chi connectivity index (χ1) is 13.2. The molecule has 148 valence electrons. The molecule has 0 aliphatic carbocycles. The van der Waals surface area contributed by atoms with Crippen molar-refractivity contribution in [2.24, 2.45) is 0 Å². The number of carbonyl (C=O) groups is 2. The number of halogens is 2. The Labute approximate surface area is 201 Å². The predicted octanol–water partition coefficient (Wildman–Crippen LogP) is -0.418. The molecule has 3 rings (SSSR count). The largest absolute Gasteiger partial charge is 1.00 e. The molecule has 3 aromatic rings. The summed E-state index contributed by atoms with van der Waals surface area (Å²) < 4.78 is 6.81. The van der Waals surface area contributed by atoms with E-state index in [2.05, 4.69) is 0 Å². The van der Waals surface area contributed by atoms with Gasteiger partial charge >= 0.3 is 40.4 Å². The molecule has 7 nitrogen and oxygen atoms in total. The van der Waals surface area contributed by atoms with E-state index in [-0.39, 0.29) is 41.0 Å². The second-order valence-corrected chi connectivity index (χ2v) is 7.34. The predicted molar refractivity (Wildman–Crippen MR) is 105 cm³/mol. The number of hydrogen-bond acceptors (Lipinski definition) is 6. The van der Waals surface area contributed by atoms with E-state index >= 15 is 0 Å². The zero-order valence-electron chi connectivity index (χ0n) is 15.5. The summed E-state index contributed by atoms with van der Waals surface area (Å²) in [6, 6.07) is 10.1. The Morgan fingerprint density at radius 3 is 2.52 bits per heavy atom. The number of carboxylic acid groups (broad SMARTS) is 2. The molecule has 1 aromatic heterocycles. The van der Waals surface area contributed by atoms with E-state index in [4.69, 9.17) is 33.0 Å². The van der Waals surface area contributed by atoms with Crippen molar-refractivity contribution in [1.29, 1.82) is 0 Å². The molecule has 0 saturated carbocycles. The number of rotatable bonds is 5. The van der Waals surface area contributed by atoms with Gasteiger partial charge in [0.2, 0.25) is 0 Å². The summed E-state index contributed by atoms with van der Waals surface area (Å²) in [5.41, 5.74) is 1.30. The van der Waals surface area contributed by atoms with Crippen LogP contribution in [-0.4, -0.2) is 28.2 Å². The number of carboxylic acids is 2. The summed E-state index contributed by atoms with van der Waals surface area (Å²) in [4.78, 5) is 31.8. The molecule has 1 heterocycles. The molecule has 0 fully saturated rings. The van der Waals surface area contributed by atoms with Gasteiger partial charge in [0.05, 0.1) is 21.2 Å². The van der Waals surface area contributed by atoms with Crippen molar-refractivity contribution >= 4 is 56.7 Å². The number of aryl methyl sites for hydroxylation is 1. The van der Waals surface area contributed by atoms with Crippen molar-refractivity contribution in [2.75, 3.05) is 6.61 Å². The Hall–Kier alpha value is -1.55. The number of benzene rings is 2. The fourth-order valence-corrected chi connectivity index (χ4v) is 3.75. The number of hydrogen-bond donors (Lipinski definition) is 1. The first-order valence-corrected chi connectivity index (χ1v) is 9.34. The molecular weight excluding hydrogens is 452 g/mol. The molecular formula is C18H14Cl2NNaO6S. The standard InChI is InChI=1S/C9H6ClNO3S.C9H9ClO3.Na/c10-5-2-1-3-6-8(5)11(4-7(12)13)9(14)15-6;1-6-4-7(10)2-3-8(6)13-5-9(11)12;/h1-3H,4H2,(H,12,13);2-4H,5H2,1H3,(H,11,12);/q;;+1/p-1. The zero-order valence-corrected chi connectivity index (χ0v) is 19.8. The van der Waals surface area contributed by atoms with Crippen LogP contribution < -0.4 is 44.3 Å². The fraction of sp³-hybridized carbons (Fsp3) is 0.167. The van der Waals surface area contributed by atoms with Crippen LogP contribution in [0.15, 0.2) is 41.2 Å². The fourth-order valence-electron chi connectivity index (χ4n) is 2.27. The number of ether oxygens (including phenoxy) is 1. The summed E-state index contributed by atoms with van der Waals surface area (Å²) in [7, 11) is 0. The zero-order chi connectivity index (χ0) is 20.8. The average Bonchev–Trinajstić information content (AvgIpc) is 2.91. The number of aliphatic carboxylic acids is 2. The van der Waals surface area contributed by atoms with Gasteiger partial charge in [-0.15, -0.1) is 0 Å². The van der Waals surface area contributed by atoms with Gasteiger partial charge in [-0.1, -0.05) is 40.6 Å². The number of thiazole rings is 1. The van der Waals surface area contributed by atoms with Crippen LogP contribution in [0, 0.1) is 6.92 Å². The molecule has 0 aliphatic rings. The van der Waals surface area contributed by atoms with E-state index in [1.807, 2.05) is 0 Å². The topological polar surface area (TPSA) is 109 Å². The van der Waals surface area contributed by atoms with Crippen molar-refractivity contribution in [2.45, 2.75) is 13.5 Å². The summed E-state index contributed by atoms with van der Waals surface area (Å²) >= 11 is 12.6. The third kappa shape index (κ3) is 7.33. The van der Waals surface area contributed by atoms with E-state index in [1.54, 1.807) is 43.3 Å². The third-order valence-electron chi connectivity index (χ3n) is 3.41. The molecule has 0 bridgehead atoms. The minimum absolute atomic E-state index is 0. The van der Waals surface area contributed by atoms with Crippen LogP contribution in [0.2, 0.25) is 10.0 Å². The quantitative estimate of drug-likeness (QED) is 0.512. The molecule has 0 radical (unpaired) electrons. The Kier molecular flexibility index (Phi) is 10.2. The molecule has 0 spiro atoms. The molecule has 29 heavy (non-hydrogen) atoms. The van der Waals surface area contributed by atoms with Gasteiger partial charge < -0.3 is 19.7 Å². The van der Waals surface area contributed by atoms with E-state index in [0.717, 1.165) is 16.9 Å². The summed E-state index contributed by atoms with van der Waals surface area (Å²) in [5, 5.41) is 19.7. The maximum atomic E-state index is 11.5. The minimum atomic E-state index is -1.24. The van der Waals surface area contributed by atoms with Crippen molar-refractivity contribution in [3.8, 4) is 5.75 Å². The van der Waals surface area contributed by atoms with Gasteiger partial charge in [0.25, 0.3) is 0 Å². The molecule has 0 amide bonds. The van der Waals surface area contributed by atoms with Crippen molar-refractivity contribution in [1.82, 2.24) is 4.57 Å². The van der Waals surface area contributed by atoms with Crippen LogP contribution in [0.25, 0.3) is 10.2 Å². The molecule has 1 N–H and O–H groups in total. The summed E-state index contributed by atoms with van der Waals surface area (Å²) in [6.07, 6.45) is 0. The van der Waals surface area contributed by atoms with Gasteiger partial charge in [0.15, 0.2) is 0 Å². The van der Waals surface area contributed by atoms with Gasteiger partial charge in [-0.05, 0) is 42.8 Å². The number of fused-ring (bicyclic) bond motifs is 1. The number of aromatic nitrogens is 1. The van der Waals surface area contributed by atoms with E-state index in [0.29, 0.717) is 26.0 Å². The normalized spacial score (nSPS) is 9.90. The van der Waals surface area contributed by atoms with Crippen molar-refractivity contribution in [3.63, 3.8) is 0 Å². The maximum absolute atomic E-state index is 11.5. The van der Waals surface area contributed by atoms with Crippen LogP contribution in [0.4, 0.5) is 0 Å². The van der Waals surface area contributed by atoms with Gasteiger partial charge in [0, 0.05) is 5.02 Å². The monoisotopic (exact) mass is 465 g/mol. The Morgan fingerprint density at radius 1 is 1.24 bits per heavy atom. The van der Waals surface area contributed by atoms with E-state index < -0.39 is 18.5 Å². The molecule has 0 aliphatic heterocycles. The first kappa shape index (κ1) is 25.5. The molecule has 11 heteroatoms. The second-order valence-electron chi connectivity index (χ2n) is 5.50. The van der Waals surface area contributed by atoms with Gasteiger partial charge in [0.1, 0.15) is 18.9 Å². The van der Waals surface area contributed by atoms with Crippen LogP contribution in [0.5, 0.6) is 5.75 Å². The minimum Gasteiger partial charge on any atom is -0.546 e. The SMILES string of the molecule is Cc1cc(Cl)ccc1OCC(=O)[O-].O=C(O)Cn1c(=O)sc2cccc(Cl)c21.[Na+]. The molecule has 0 unspecified atom stereocenters. The van der Waals surface area contributed by atoms with Gasteiger partial charge in [-0.3, -0.25) is 14.2 Å². The van der Waals surface area contributed by atoms with Crippen LogP contribution >= 0.6 is 34.5 Å². The van der Waals surface area contributed by atoms with E-state index in [1.165, 1.54) is 4.57 Å². The Balaban J connectivity index is 0.000000284. The number of carbonyl (C=O) groups excluding carboxylic acids is 1. The van der Waals surface area contributed by atoms with Gasteiger partial charge in [-0.2, -0.15) is 0 Å². The van der Waals surface area contributed by atoms with Crippen molar-refractivity contribution in [3.05, 3.63) is 61.7 Å². The number of para-hydroxylation sites is 1. The van der Waals surface area contributed by atoms with Crippen LogP contribution in [0.1, 0.15) is 5.56 Å². The Morgan fingerprint density at radius 2 is 1.93 bits per heavy atom. The number of nitrogens with zero attached hydrogens (tertiary/aromatic N) is 1. The van der Waals surface area contributed by atoms with Crippen molar-refractivity contribution < 1.29 is 54.1 Å². The molecule has 0 atom stereocenters. The third-order valence-corrected chi connectivity index (χ3v) is 4.90. The maximum Gasteiger partial charge on any atom is 1.00 e. The molecule has 0 saturated heterocycles. The molecule has 2 aromatic carbocycles. The first-order valence-electron chi connectivity index (χ1n) is 7.77. The van der Waals surface area contributed by atoms with Crippen LogP contribution in [-0.2, 0) is 16.1 Å².